The summed E-state index contributed by atoms with van der Waals surface area (Å²) in [6, 6.07) is 7.40. The van der Waals surface area contributed by atoms with Gasteiger partial charge in [-0.2, -0.15) is 0 Å². The summed E-state index contributed by atoms with van der Waals surface area (Å²) in [5.41, 5.74) is 9.76. The van der Waals surface area contributed by atoms with E-state index in [0.717, 1.165) is 61.3 Å². The lowest BCUT2D eigenvalue weighted by molar-refractivity contribution is 0.507. The molecule has 0 spiro atoms. The van der Waals surface area contributed by atoms with Crippen molar-refractivity contribution in [2.45, 2.75) is 63.5 Å². The van der Waals surface area contributed by atoms with Crippen LogP contribution in [-0.2, 0) is 0 Å². The van der Waals surface area contributed by atoms with Gasteiger partial charge in [0.15, 0.2) is 0 Å². The summed E-state index contributed by atoms with van der Waals surface area (Å²) >= 11 is 0. The van der Waals surface area contributed by atoms with Crippen molar-refractivity contribution in [1.82, 2.24) is 9.97 Å². The van der Waals surface area contributed by atoms with Crippen molar-refractivity contribution in [2.24, 2.45) is 10.7 Å². The van der Waals surface area contributed by atoms with Gasteiger partial charge in [0.1, 0.15) is 11.6 Å². The summed E-state index contributed by atoms with van der Waals surface area (Å²) in [6.07, 6.45) is 7.06. The third-order valence-electron chi connectivity index (χ3n) is 5.90. The quantitative estimate of drug-likeness (QED) is 0.923. The standard InChI is InChI=1S/C21H27N5/c1-13-2-9-19-18(10-13)21(26-11-15(22)12-26)25-20(24-19)14-3-5-16(6-4-14)23-17-7-8-17/h2,9-10,14-15,17H,3-8,11-12,22H2,1H3. The van der Waals surface area contributed by atoms with E-state index in [1.54, 1.807) is 0 Å². The maximum atomic E-state index is 6.02. The molecule has 3 aliphatic rings. The minimum absolute atomic E-state index is 0.268. The van der Waals surface area contributed by atoms with E-state index in [4.69, 9.17) is 20.7 Å². The molecular formula is C21H27N5. The van der Waals surface area contributed by atoms with Crippen LogP contribution in [0.3, 0.4) is 0 Å². The molecule has 5 rings (SSSR count). The molecule has 26 heavy (non-hydrogen) atoms. The van der Waals surface area contributed by atoms with Crippen LogP contribution in [0.25, 0.3) is 10.9 Å². The molecular weight excluding hydrogens is 322 g/mol. The highest BCUT2D eigenvalue weighted by atomic mass is 15.3. The van der Waals surface area contributed by atoms with E-state index >= 15 is 0 Å². The first-order valence-corrected chi connectivity index (χ1v) is 10.00. The molecule has 1 aromatic heterocycles. The molecule has 2 N–H and O–H groups in total. The highest BCUT2D eigenvalue weighted by molar-refractivity contribution is 5.90. The van der Waals surface area contributed by atoms with Crippen LogP contribution in [0, 0.1) is 6.92 Å². The number of benzene rings is 1. The number of fused-ring (bicyclic) bond motifs is 1. The second-order valence-electron chi connectivity index (χ2n) is 8.29. The van der Waals surface area contributed by atoms with E-state index in [2.05, 4.69) is 30.0 Å². The van der Waals surface area contributed by atoms with Gasteiger partial charge >= 0.3 is 0 Å². The van der Waals surface area contributed by atoms with Crippen LogP contribution >= 0.6 is 0 Å². The number of nitrogens with zero attached hydrogens (tertiary/aromatic N) is 4. The fourth-order valence-electron chi connectivity index (χ4n) is 4.15. The highest BCUT2D eigenvalue weighted by Crippen LogP contribution is 2.35. The first-order chi connectivity index (χ1) is 12.7. The molecule has 0 unspecified atom stereocenters. The van der Waals surface area contributed by atoms with Gasteiger partial charge in [-0.3, -0.25) is 4.99 Å². The number of hydrogen-bond donors (Lipinski definition) is 1. The molecule has 2 saturated carbocycles. The third-order valence-corrected chi connectivity index (χ3v) is 5.90. The minimum Gasteiger partial charge on any atom is -0.353 e. The summed E-state index contributed by atoms with van der Waals surface area (Å²) in [4.78, 5) is 17.2. The second-order valence-corrected chi connectivity index (χ2v) is 8.29. The average Bonchev–Trinajstić information content (AvgIpc) is 3.43. The average molecular weight is 349 g/mol. The fraction of sp³-hybridized carbons (Fsp3) is 0.571. The van der Waals surface area contributed by atoms with Gasteiger partial charge in [0.05, 0.1) is 11.6 Å². The first kappa shape index (κ1) is 16.2. The Morgan fingerprint density at radius 1 is 1.08 bits per heavy atom. The summed E-state index contributed by atoms with van der Waals surface area (Å²) in [5, 5.41) is 1.16. The number of nitrogens with two attached hydrogens (primary N) is 1. The Morgan fingerprint density at radius 2 is 1.85 bits per heavy atom. The van der Waals surface area contributed by atoms with E-state index < -0.39 is 0 Å². The molecule has 5 nitrogen and oxygen atoms in total. The van der Waals surface area contributed by atoms with Crippen LogP contribution in [0.2, 0.25) is 0 Å². The van der Waals surface area contributed by atoms with Crippen LogP contribution in [-0.4, -0.2) is 40.9 Å². The van der Waals surface area contributed by atoms with E-state index in [0.29, 0.717) is 12.0 Å². The number of anilines is 1. The predicted molar refractivity (Wildman–Crippen MR) is 106 cm³/mol. The van der Waals surface area contributed by atoms with Crippen molar-refractivity contribution in [2.75, 3.05) is 18.0 Å². The van der Waals surface area contributed by atoms with Gasteiger partial charge < -0.3 is 10.6 Å². The monoisotopic (exact) mass is 349 g/mol. The van der Waals surface area contributed by atoms with Crippen LogP contribution in [0.15, 0.2) is 23.2 Å². The van der Waals surface area contributed by atoms with Gasteiger partial charge in [-0.1, -0.05) is 11.6 Å². The smallest absolute Gasteiger partial charge is 0.140 e. The van der Waals surface area contributed by atoms with Crippen LogP contribution in [0.1, 0.15) is 55.8 Å². The Labute approximate surface area is 154 Å². The lowest BCUT2D eigenvalue weighted by atomic mass is 9.87. The maximum Gasteiger partial charge on any atom is 0.140 e. The summed E-state index contributed by atoms with van der Waals surface area (Å²) < 4.78 is 0. The zero-order valence-corrected chi connectivity index (χ0v) is 15.5. The molecule has 2 aliphatic carbocycles. The number of aliphatic imine (C=N–C) groups is 1. The van der Waals surface area contributed by atoms with Crippen LogP contribution < -0.4 is 10.6 Å². The lowest BCUT2D eigenvalue weighted by Gasteiger charge is -2.38. The zero-order chi connectivity index (χ0) is 17.7. The topological polar surface area (TPSA) is 67.4 Å². The van der Waals surface area contributed by atoms with Crippen molar-refractivity contribution in [3.8, 4) is 0 Å². The first-order valence-electron chi connectivity index (χ1n) is 10.00. The van der Waals surface area contributed by atoms with Crippen molar-refractivity contribution >= 4 is 22.4 Å². The van der Waals surface area contributed by atoms with E-state index in [1.807, 2.05) is 0 Å². The van der Waals surface area contributed by atoms with Gasteiger partial charge in [-0.15, -0.1) is 0 Å². The predicted octanol–water partition coefficient (Wildman–Crippen LogP) is 3.35. The van der Waals surface area contributed by atoms with Gasteiger partial charge in [0.2, 0.25) is 0 Å². The summed E-state index contributed by atoms with van der Waals surface area (Å²) in [7, 11) is 0. The number of rotatable bonds is 3. The van der Waals surface area contributed by atoms with Crippen molar-refractivity contribution in [3.63, 3.8) is 0 Å². The zero-order valence-electron chi connectivity index (χ0n) is 15.5. The molecule has 1 aromatic carbocycles. The molecule has 1 aliphatic heterocycles. The SMILES string of the molecule is Cc1ccc2nc(C3CCC(=NC4CC4)CC3)nc(N3CC(N)C3)c2c1. The molecule has 5 heteroatoms. The Morgan fingerprint density at radius 3 is 2.54 bits per heavy atom. The Balaban J connectivity index is 1.45. The van der Waals surface area contributed by atoms with E-state index in [1.165, 1.54) is 24.1 Å². The summed E-state index contributed by atoms with van der Waals surface area (Å²) in [6.45, 7) is 3.91. The minimum atomic E-state index is 0.268. The molecule has 0 radical (unpaired) electrons. The van der Waals surface area contributed by atoms with Gasteiger partial charge in [-0.25, -0.2) is 9.97 Å². The molecule has 136 valence electrons. The highest BCUT2D eigenvalue weighted by Gasteiger charge is 2.29. The van der Waals surface area contributed by atoms with Gasteiger partial charge in [0, 0.05) is 36.1 Å². The number of aromatic nitrogens is 2. The largest absolute Gasteiger partial charge is 0.353 e. The molecule has 2 aromatic rings. The normalized spacial score (nSPS) is 24.0. The van der Waals surface area contributed by atoms with Crippen molar-refractivity contribution in [3.05, 3.63) is 29.6 Å². The maximum absolute atomic E-state index is 6.02. The Hall–Kier alpha value is -2.01. The van der Waals surface area contributed by atoms with Gasteiger partial charge in [0.25, 0.3) is 0 Å². The van der Waals surface area contributed by atoms with E-state index in [9.17, 15) is 0 Å². The van der Waals surface area contributed by atoms with Crippen molar-refractivity contribution < 1.29 is 0 Å². The molecule has 2 heterocycles. The second kappa shape index (κ2) is 6.31. The lowest BCUT2D eigenvalue weighted by Crippen LogP contribution is -2.56. The number of hydrogen-bond acceptors (Lipinski definition) is 5. The molecule has 3 fully saturated rings. The Kier molecular flexibility index (Phi) is 3.92. The fourth-order valence-corrected chi connectivity index (χ4v) is 4.15. The third kappa shape index (κ3) is 3.09. The molecule has 1 saturated heterocycles. The van der Waals surface area contributed by atoms with Crippen molar-refractivity contribution in [1.29, 1.82) is 0 Å². The molecule has 0 atom stereocenters. The molecule has 0 bridgehead atoms. The van der Waals surface area contributed by atoms with Crippen LogP contribution in [0.5, 0.6) is 0 Å². The van der Waals surface area contributed by atoms with E-state index in [-0.39, 0.29) is 6.04 Å². The van der Waals surface area contributed by atoms with Gasteiger partial charge in [-0.05, 0) is 57.6 Å². The van der Waals surface area contributed by atoms with Crippen LogP contribution in [0.4, 0.5) is 5.82 Å². The summed E-state index contributed by atoms with van der Waals surface area (Å²) in [5.74, 6) is 2.54. The number of aryl methyl sites for hydroxylation is 1. The molecule has 0 amide bonds. The Bertz CT molecular complexity index is 854.